The van der Waals surface area contributed by atoms with Gasteiger partial charge in [0.15, 0.2) is 0 Å². The lowest BCUT2D eigenvalue weighted by Gasteiger charge is -2.12. The SMILES string of the molecule is NC(=O)CC[C@H](N)C(=O)OC(=O)[C@@H](N)Cc1cnc[nH]1. The number of imidazole rings is 1. The number of esters is 2. The molecule has 0 saturated carbocycles. The summed E-state index contributed by atoms with van der Waals surface area (Å²) >= 11 is 0. The summed E-state index contributed by atoms with van der Waals surface area (Å²) < 4.78 is 4.54. The highest BCUT2D eigenvalue weighted by molar-refractivity contribution is 5.91. The van der Waals surface area contributed by atoms with E-state index < -0.39 is 29.9 Å². The summed E-state index contributed by atoms with van der Waals surface area (Å²) in [7, 11) is 0. The molecule has 0 aliphatic carbocycles. The van der Waals surface area contributed by atoms with E-state index in [1.807, 2.05) is 0 Å². The lowest BCUT2D eigenvalue weighted by molar-refractivity contribution is -0.161. The van der Waals surface area contributed by atoms with Crippen molar-refractivity contribution in [3.63, 3.8) is 0 Å². The number of nitrogens with one attached hydrogen (secondary N) is 1. The number of nitrogens with zero attached hydrogens (tertiary/aromatic N) is 1. The Hall–Kier alpha value is -2.26. The highest BCUT2D eigenvalue weighted by Gasteiger charge is 2.23. The van der Waals surface area contributed by atoms with Crippen molar-refractivity contribution < 1.29 is 19.1 Å². The number of nitrogens with two attached hydrogens (primary N) is 3. The Morgan fingerprint density at radius 1 is 1.25 bits per heavy atom. The second-order valence-corrected chi connectivity index (χ2v) is 4.24. The summed E-state index contributed by atoms with van der Waals surface area (Å²) in [5.41, 5.74) is 16.6. The maximum absolute atomic E-state index is 11.6. The summed E-state index contributed by atoms with van der Waals surface area (Å²) in [5.74, 6) is -2.41. The van der Waals surface area contributed by atoms with Crippen LogP contribution in [0.5, 0.6) is 0 Å². The van der Waals surface area contributed by atoms with Gasteiger partial charge in [-0.3, -0.25) is 4.79 Å². The van der Waals surface area contributed by atoms with E-state index in [4.69, 9.17) is 17.2 Å². The van der Waals surface area contributed by atoms with E-state index >= 15 is 0 Å². The monoisotopic (exact) mass is 283 g/mol. The van der Waals surface area contributed by atoms with Gasteiger partial charge in [0.2, 0.25) is 5.91 Å². The van der Waals surface area contributed by atoms with Crippen molar-refractivity contribution >= 4 is 17.8 Å². The predicted molar refractivity (Wildman–Crippen MR) is 67.8 cm³/mol. The number of rotatable bonds is 7. The first-order chi connectivity index (χ1) is 9.40. The normalized spacial score (nSPS) is 13.5. The molecule has 9 nitrogen and oxygen atoms in total. The molecule has 20 heavy (non-hydrogen) atoms. The number of H-pyrrole nitrogens is 1. The fourth-order valence-electron chi connectivity index (χ4n) is 1.38. The molecule has 1 amide bonds. The molecule has 2 atom stereocenters. The van der Waals surface area contributed by atoms with Crippen LogP contribution in [0.25, 0.3) is 0 Å². The average Bonchev–Trinajstić information content (AvgIpc) is 2.88. The van der Waals surface area contributed by atoms with Crippen LogP contribution in [0.4, 0.5) is 0 Å². The quantitative estimate of drug-likeness (QED) is 0.329. The van der Waals surface area contributed by atoms with Crippen molar-refractivity contribution in [1.82, 2.24) is 9.97 Å². The van der Waals surface area contributed by atoms with Gasteiger partial charge in [-0.05, 0) is 6.42 Å². The summed E-state index contributed by atoms with van der Waals surface area (Å²) in [4.78, 5) is 40.1. The van der Waals surface area contributed by atoms with Crippen molar-refractivity contribution in [1.29, 1.82) is 0 Å². The van der Waals surface area contributed by atoms with Crippen molar-refractivity contribution in [3.8, 4) is 0 Å². The smallest absolute Gasteiger partial charge is 0.330 e. The number of carbonyl (C=O) groups is 3. The number of hydrogen-bond donors (Lipinski definition) is 4. The minimum atomic E-state index is -1.09. The van der Waals surface area contributed by atoms with Crippen LogP contribution in [0.1, 0.15) is 18.5 Å². The van der Waals surface area contributed by atoms with Gasteiger partial charge in [-0.25, -0.2) is 14.6 Å². The maximum atomic E-state index is 11.6. The third-order valence-electron chi connectivity index (χ3n) is 2.50. The maximum Gasteiger partial charge on any atom is 0.330 e. The number of carbonyl (C=O) groups excluding carboxylic acids is 3. The molecule has 0 spiro atoms. The molecule has 0 bridgehead atoms. The summed E-state index contributed by atoms with van der Waals surface area (Å²) in [6.07, 6.45) is 3.05. The lowest BCUT2D eigenvalue weighted by Crippen LogP contribution is -2.41. The van der Waals surface area contributed by atoms with Crippen molar-refractivity contribution in [3.05, 3.63) is 18.2 Å². The predicted octanol–water partition coefficient (Wildman–Crippen LogP) is -2.06. The summed E-state index contributed by atoms with van der Waals surface area (Å²) in [5, 5.41) is 0. The highest BCUT2D eigenvalue weighted by Crippen LogP contribution is 2.01. The van der Waals surface area contributed by atoms with E-state index in [9.17, 15) is 14.4 Å². The molecule has 0 aliphatic heterocycles. The van der Waals surface area contributed by atoms with E-state index in [-0.39, 0.29) is 19.3 Å². The van der Waals surface area contributed by atoms with E-state index in [1.54, 1.807) is 0 Å². The molecule has 1 rings (SSSR count). The van der Waals surface area contributed by atoms with Gasteiger partial charge in [-0.15, -0.1) is 0 Å². The Kier molecular flexibility index (Phi) is 5.81. The van der Waals surface area contributed by atoms with Gasteiger partial charge in [-0.2, -0.15) is 0 Å². The molecule has 110 valence electrons. The number of hydrogen-bond acceptors (Lipinski definition) is 7. The molecule has 0 radical (unpaired) electrons. The first kappa shape index (κ1) is 15.8. The van der Waals surface area contributed by atoms with Crippen LogP contribution in [-0.2, 0) is 25.5 Å². The Morgan fingerprint density at radius 2 is 1.90 bits per heavy atom. The molecule has 0 unspecified atom stereocenters. The number of aromatic amines is 1. The Balaban J connectivity index is 2.40. The third-order valence-corrected chi connectivity index (χ3v) is 2.50. The molecular weight excluding hydrogens is 266 g/mol. The summed E-state index contributed by atoms with van der Waals surface area (Å²) in [6, 6.07) is -2.10. The fraction of sp³-hybridized carbons (Fsp3) is 0.455. The molecule has 0 aromatic carbocycles. The van der Waals surface area contributed by atoms with E-state index in [0.717, 1.165) is 0 Å². The van der Waals surface area contributed by atoms with Crippen LogP contribution in [0.15, 0.2) is 12.5 Å². The molecule has 9 heteroatoms. The van der Waals surface area contributed by atoms with E-state index in [2.05, 4.69) is 14.7 Å². The molecule has 1 heterocycles. The van der Waals surface area contributed by atoms with Gasteiger partial charge in [0.25, 0.3) is 0 Å². The molecule has 1 aromatic heterocycles. The number of amides is 1. The van der Waals surface area contributed by atoms with Crippen LogP contribution >= 0.6 is 0 Å². The average molecular weight is 283 g/mol. The Bertz CT molecular complexity index is 473. The van der Waals surface area contributed by atoms with Gasteiger partial charge in [0, 0.05) is 24.7 Å². The molecule has 0 saturated heterocycles. The first-order valence-corrected chi connectivity index (χ1v) is 5.92. The van der Waals surface area contributed by atoms with Crippen LogP contribution in [0.3, 0.4) is 0 Å². The zero-order valence-electron chi connectivity index (χ0n) is 10.7. The molecular formula is C11H17N5O4. The number of aromatic nitrogens is 2. The fourth-order valence-corrected chi connectivity index (χ4v) is 1.38. The van der Waals surface area contributed by atoms with Gasteiger partial charge < -0.3 is 26.9 Å². The topological polar surface area (TPSA) is 167 Å². The third kappa shape index (κ3) is 5.16. The Labute approximate surface area is 114 Å². The lowest BCUT2D eigenvalue weighted by atomic mass is 10.1. The van der Waals surface area contributed by atoms with Crippen LogP contribution < -0.4 is 17.2 Å². The molecule has 1 aromatic rings. The number of primary amides is 1. The van der Waals surface area contributed by atoms with Crippen LogP contribution in [-0.4, -0.2) is 39.9 Å². The van der Waals surface area contributed by atoms with Gasteiger partial charge in [-0.1, -0.05) is 0 Å². The molecule has 0 aliphatic rings. The van der Waals surface area contributed by atoms with Crippen LogP contribution in [0.2, 0.25) is 0 Å². The largest absolute Gasteiger partial charge is 0.391 e. The van der Waals surface area contributed by atoms with Crippen molar-refractivity contribution in [2.45, 2.75) is 31.3 Å². The zero-order valence-corrected chi connectivity index (χ0v) is 10.7. The van der Waals surface area contributed by atoms with Gasteiger partial charge >= 0.3 is 11.9 Å². The van der Waals surface area contributed by atoms with E-state index in [1.165, 1.54) is 12.5 Å². The Morgan fingerprint density at radius 3 is 2.45 bits per heavy atom. The second kappa shape index (κ2) is 7.36. The minimum Gasteiger partial charge on any atom is -0.391 e. The van der Waals surface area contributed by atoms with Crippen molar-refractivity contribution in [2.24, 2.45) is 17.2 Å². The van der Waals surface area contributed by atoms with Crippen LogP contribution in [0, 0.1) is 0 Å². The highest BCUT2D eigenvalue weighted by atomic mass is 16.6. The first-order valence-electron chi connectivity index (χ1n) is 5.92. The molecule has 0 fully saturated rings. The van der Waals surface area contributed by atoms with E-state index in [0.29, 0.717) is 5.69 Å². The zero-order chi connectivity index (χ0) is 15.1. The summed E-state index contributed by atoms with van der Waals surface area (Å²) in [6.45, 7) is 0. The van der Waals surface area contributed by atoms with Gasteiger partial charge in [0.05, 0.1) is 6.33 Å². The second-order valence-electron chi connectivity index (χ2n) is 4.24. The standard InChI is InChI=1S/C11H17N5O4/c12-7(1-2-9(14)17)10(18)20-11(19)8(13)3-6-4-15-5-16-6/h4-5,7-8H,1-3,12-13H2,(H2,14,17)(H,15,16)/t7-,8-/m0/s1. The van der Waals surface area contributed by atoms with Gasteiger partial charge in [0.1, 0.15) is 12.1 Å². The van der Waals surface area contributed by atoms with Crippen molar-refractivity contribution in [2.75, 3.05) is 0 Å². The minimum absolute atomic E-state index is 0.0111. The number of ether oxygens (including phenoxy) is 1. The molecule has 7 N–H and O–H groups in total.